The van der Waals surface area contributed by atoms with E-state index < -0.39 is 23.5 Å². The number of rotatable bonds is 10. The lowest BCUT2D eigenvalue weighted by molar-refractivity contribution is -0.857. The molecule has 0 saturated carbocycles. The highest BCUT2D eigenvalue weighted by atomic mass is 16.5. The van der Waals surface area contributed by atoms with Gasteiger partial charge in [0.1, 0.15) is 11.9 Å². The number of fused-ring (bicyclic) bond motifs is 1. The summed E-state index contributed by atoms with van der Waals surface area (Å²) in [5, 5.41) is 13.8. The monoisotopic (exact) mass is 522 g/mol. The first-order chi connectivity index (χ1) is 18.1. The smallest absolute Gasteiger partial charge is 0.295 e. The average molecular weight is 523 g/mol. The second kappa shape index (κ2) is 11.5. The summed E-state index contributed by atoms with van der Waals surface area (Å²) in [6.45, 7) is 7.73. The van der Waals surface area contributed by atoms with Crippen molar-refractivity contribution in [2.45, 2.75) is 45.8 Å². The number of nitrogens with one attached hydrogen (secondary N) is 1. The van der Waals surface area contributed by atoms with Crippen LogP contribution in [0.15, 0.2) is 42.0 Å². The molecule has 2 unspecified atom stereocenters. The minimum Gasteiger partial charge on any atom is -0.872 e. The SMILES string of the molecule is COc1cc(C2C(=C([O-])c3ccc4c(c3)CC(C)O4)C(=O)C(=O)N2CC[NH+](C)C)ccc1OCCC(C)C. The maximum absolute atomic E-state index is 13.8. The molecular formula is C30H38N2O6. The largest absolute Gasteiger partial charge is 0.872 e. The predicted octanol–water partition coefficient (Wildman–Crippen LogP) is 1.81. The minimum absolute atomic E-state index is 0.0307. The summed E-state index contributed by atoms with van der Waals surface area (Å²) < 4.78 is 17.3. The van der Waals surface area contributed by atoms with E-state index in [-0.39, 0.29) is 11.7 Å². The molecule has 1 amide bonds. The number of carbonyl (C=O) groups excluding carboxylic acids is 2. The van der Waals surface area contributed by atoms with Crippen LogP contribution in [0.25, 0.3) is 5.76 Å². The molecule has 0 radical (unpaired) electrons. The summed E-state index contributed by atoms with van der Waals surface area (Å²) in [5.41, 5.74) is 1.90. The van der Waals surface area contributed by atoms with Gasteiger partial charge >= 0.3 is 0 Å². The fourth-order valence-corrected chi connectivity index (χ4v) is 4.89. The van der Waals surface area contributed by atoms with Crippen LogP contribution in [0.4, 0.5) is 0 Å². The van der Waals surface area contributed by atoms with Crippen LogP contribution in [-0.2, 0) is 16.0 Å². The van der Waals surface area contributed by atoms with E-state index in [0.29, 0.717) is 54.7 Å². The lowest BCUT2D eigenvalue weighted by atomic mass is 9.94. The molecule has 38 heavy (non-hydrogen) atoms. The predicted molar refractivity (Wildman–Crippen MR) is 142 cm³/mol. The van der Waals surface area contributed by atoms with Gasteiger partial charge in [0.2, 0.25) is 5.78 Å². The Balaban J connectivity index is 1.77. The molecule has 0 aliphatic carbocycles. The van der Waals surface area contributed by atoms with Crippen molar-refractivity contribution in [3.05, 3.63) is 58.7 Å². The van der Waals surface area contributed by atoms with Gasteiger partial charge in [-0.1, -0.05) is 31.7 Å². The van der Waals surface area contributed by atoms with Gasteiger partial charge in [-0.3, -0.25) is 9.59 Å². The highest BCUT2D eigenvalue weighted by molar-refractivity contribution is 6.46. The average Bonchev–Trinajstić information content (AvgIpc) is 3.37. The summed E-state index contributed by atoms with van der Waals surface area (Å²) in [6.07, 6.45) is 1.62. The quantitative estimate of drug-likeness (QED) is 0.291. The van der Waals surface area contributed by atoms with Crippen LogP contribution in [0.1, 0.15) is 49.9 Å². The molecule has 2 aromatic rings. The third-order valence-corrected chi connectivity index (χ3v) is 7.00. The first-order valence-electron chi connectivity index (χ1n) is 13.3. The number of likely N-dealkylation sites (N-methyl/N-ethyl adjacent to an activating group) is 1. The Morgan fingerprint density at radius 1 is 1.16 bits per heavy atom. The van der Waals surface area contributed by atoms with Gasteiger partial charge in [-0.05, 0) is 60.2 Å². The zero-order valence-electron chi connectivity index (χ0n) is 23.1. The van der Waals surface area contributed by atoms with Gasteiger partial charge in [0, 0.05) is 12.0 Å². The van der Waals surface area contributed by atoms with Gasteiger partial charge in [0.05, 0.1) is 46.9 Å². The maximum Gasteiger partial charge on any atom is 0.295 e. The van der Waals surface area contributed by atoms with Crippen LogP contribution < -0.4 is 24.2 Å². The van der Waals surface area contributed by atoms with E-state index in [9.17, 15) is 14.7 Å². The zero-order valence-corrected chi connectivity index (χ0v) is 23.1. The van der Waals surface area contributed by atoms with Crippen LogP contribution in [-0.4, -0.2) is 63.6 Å². The van der Waals surface area contributed by atoms with Gasteiger partial charge in [0.15, 0.2) is 11.5 Å². The van der Waals surface area contributed by atoms with E-state index in [1.165, 1.54) is 4.90 Å². The number of hydrogen-bond donors (Lipinski definition) is 1. The van der Waals surface area contributed by atoms with Crippen LogP contribution in [0, 0.1) is 5.92 Å². The third-order valence-electron chi connectivity index (χ3n) is 7.00. The van der Waals surface area contributed by atoms with E-state index >= 15 is 0 Å². The van der Waals surface area contributed by atoms with Gasteiger partial charge in [-0.2, -0.15) is 0 Å². The highest BCUT2D eigenvalue weighted by Gasteiger charge is 2.44. The van der Waals surface area contributed by atoms with Crippen molar-refractivity contribution < 1.29 is 33.8 Å². The Labute approximate surface area is 224 Å². The molecule has 2 aliphatic heterocycles. The second-order valence-electron chi connectivity index (χ2n) is 10.8. The fourth-order valence-electron chi connectivity index (χ4n) is 4.89. The van der Waals surface area contributed by atoms with Crippen molar-refractivity contribution in [2.24, 2.45) is 5.92 Å². The van der Waals surface area contributed by atoms with Crippen molar-refractivity contribution in [3.8, 4) is 17.2 Å². The zero-order chi connectivity index (χ0) is 27.6. The molecular weight excluding hydrogens is 484 g/mol. The summed E-state index contributed by atoms with van der Waals surface area (Å²) in [4.78, 5) is 29.2. The Kier molecular flexibility index (Phi) is 8.31. The van der Waals surface area contributed by atoms with Crippen molar-refractivity contribution in [3.63, 3.8) is 0 Å². The Morgan fingerprint density at radius 2 is 1.92 bits per heavy atom. The number of carbonyl (C=O) groups is 2. The molecule has 8 nitrogen and oxygen atoms in total. The molecule has 0 aromatic heterocycles. The van der Waals surface area contributed by atoms with E-state index in [0.717, 1.165) is 22.6 Å². The number of likely N-dealkylation sites (tertiary alicyclic amines) is 1. The number of Topliss-reactive ketones (excluding diaryl/α,β-unsaturated/α-hetero) is 1. The molecule has 0 spiro atoms. The van der Waals surface area contributed by atoms with Crippen LogP contribution in [0.2, 0.25) is 0 Å². The third kappa shape index (κ3) is 5.65. The molecule has 204 valence electrons. The number of nitrogens with zero attached hydrogens (tertiary/aromatic N) is 1. The van der Waals surface area contributed by atoms with Gasteiger partial charge in [0.25, 0.3) is 5.91 Å². The molecule has 2 aromatic carbocycles. The first-order valence-corrected chi connectivity index (χ1v) is 13.3. The molecule has 2 atom stereocenters. The lowest BCUT2D eigenvalue weighted by Gasteiger charge is -2.28. The van der Waals surface area contributed by atoms with Gasteiger partial charge < -0.3 is 29.1 Å². The summed E-state index contributed by atoms with van der Waals surface area (Å²) >= 11 is 0. The lowest BCUT2D eigenvalue weighted by Crippen LogP contribution is -3.06. The summed E-state index contributed by atoms with van der Waals surface area (Å²) in [7, 11) is 5.51. The number of ketones is 1. The maximum atomic E-state index is 13.8. The van der Waals surface area contributed by atoms with E-state index in [1.54, 1.807) is 37.4 Å². The highest BCUT2D eigenvalue weighted by Crippen LogP contribution is 2.42. The number of quaternary nitrogens is 1. The van der Waals surface area contributed by atoms with Crippen molar-refractivity contribution in [1.82, 2.24) is 4.90 Å². The topological polar surface area (TPSA) is 92.6 Å². The number of benzene rings is 2. The Morgan fingerprint density at radius 3 is 2.61 bits per heavy atom. The Hall–Kier alpha value is -3.52. The minimum atomic E-state index is -0.816. The van der Waals surface area contributed by atoms with Crippen LogP contribution >= 0.6 is 0 Å². The summed E-state index contributed by atoms with van der Waals surface area (Å²) in [5.74, 6) is 0.470. The van der Waals surface area contributed by atoms with Gasteiger partial charge in [-0.15, -0.1) is 0 Å². The molecule has 2 aliphatic rings. The molecule has 1 saturated heterocycles. The molecule has 2 heterocycles. The number of ether oxygens (including phenoxy) is 3. The molecule has 4 rings (SSSR count). The number of methoxy groups -OCH3 is 1. The van der Waals surface area contributed by atoms with E-state index in [1.807, 2.05) is 27.1 Å². The molecule has 8 heteroatoms. The van der Waals surface area contributed by atoms with Crippen LogP contribution in [0.3, 0.4) is 0 Å². The Bertz CT molecular complexity index is 1240. The molecule has 1 fully saturated rings. The van der Waals surface area contributed by atoms with Crippen molar-refractivity contribution >= 4 is 17.4 Å². The normalized spacial score (nSPS) is 20.3. The number of amides is 1. The molecule has 0 bridgehead atoms. The standard InChI is InChI=1S/C30H38N2O6/c1-18(2)11-14-37-24-10-7-20(17-25(24)36-6)27-26(29(34)30(35)32(27)13-12-31(4)5)28(33)21-8-9-23-22(16-21)15-19(3)38-23/h7-10,16-19,27,33H,11-15H2,1-6H3. The second-order valence-corrected chi connectivity index (χ2v) is 10.8. The summed E-state index contributed by atoms with van der Waals surface area (Å²) in [6, 6.07) is 9.76. The van der Waals surface area contributed by atoms with Crippen molar-refractivity contribution in [2.75, 3.05) is 40.9 Å². The van der Waals surface area contributed by atoms with Crippen LogP contribution in [0.5, 0.6) is 17.2 Å². The molecule has 1 N–H and O–H groups in total. The number of hydrogen-bond acceptors (Lipinski definition) is 6. The fraction of sp³-hybridized carbons (Fsp3) is 0.467. The van der Waals surface area contributed by atoms with Crippen molar-refractivity contribution in [1.29, 1.82) is 0 Å². The van der Waals surface area contributed by atoms with E-state index in [4.69, 9.17) is 14.2 Å². The first kappa shape index (κ1) is 27.5. The van der Waals surface area contributed by atoms with E-state index in [2.05, 4.69) is 13.8 Å². The van der Waals surface area contributed by atoms with Gasteiger partial charge in [-0.25, -0.2) is 0 Å².